The minimum absolute atomic E-state index is 0.237. The Labute approximate surface area is 179 Å². The number of aromatic nitrogens is 2. The van der Waals surface area contributed by atoms with Gasteiger partial charge in [0.1, 0.15) is 22.3 Å². The second-order valence-corrected chi connectivity index (χ2v) is 8.91. The van der Waals surface area contributed by atoms with Crippen LogP contribution in [0.25, 0.3) is 21.3 Å². The molecule has 0 saturated carbocycles. The molecule has 1 aliphatic rings. The lowest BCUT2D eigenvalue weighted by Crippen LogP contribution is -2.17. The van der Waals surface area contributed by atoms with Crippen LogP contribution in [-0.2, 0) is 0 Å². The van der Waals surface area contributed by atoms with Crippen molar-refractivity contribution in [1.82, 2.24) is 9.97 Å². The van der Waals surface area contributed by atoms with Gasteiger partial charge < -0.3 is 10.2 Å². The van der Waals surface area contributed by atoms with Crippen molar-refractivity contribution < 1.29 is 4.39 Å². The number of fused-ring (bicyclic) bond motifs is 1. The summed E-state index contributed by atoms with van der Waals surface area (Å²) in [4.78, 5) is 13.9. The van der Waals surface area contributed by atoms with Gasteiger partial charge in [-0.2, -0.15) is 0 Å². The third kappa shape index (κ3) is 3.52. The van der Waals surface area contributed by atoms with Crippen molar-refractivity contribution >= 4 is 38.7 Å². The van der Waals surface area contributed by atoms with Crippen LogP contribution in [0, 0.1) is 19.7 Å². The highest BCUT2D eigenvalue weighted by Gasteiger charge is 2.18. The monoisotopic (exact) mass is 418 g/mol. The van der Waals surface area contributed by atoms with Crippen LogP contribution in [0.1, 0.15) is 23.5 Å². The Morgan fingerprint density at radius 1 is 0.933 bits per heavy atom. The summed E-state index contributed by atoms with van der Waals surface area (Å²) >= 11 is 1.64. The molecule has 0 radical (unpaired) electrons. The second kappa shape index (κ2) is 7.69. The van der Waals surface area contributed by atoms with Gasteiger partial charge in [-0.05, 0) is 68.7 Å². The van der Waals surface area contributed by atoms with Crippen LogP contribution in [0.3, 0.4) is 0 Å². The molecule has 2 aromatic carbocycles. The van der Waals surface area contributed by atoms with E-state index in [2.05, 4.69) is 46.4 Å². The fourth-order valence-electron chi connectivity index (χ4n) is 4.14. The molecule has 1 saturated heterocycles. The normalized spacial score (nSPS) is 13.9. The average molecular weight is 419 g/mol. The summed E-state index contributed by atoms with van der Waals surface area (Å²) in [6.07, 6.45) is 2.53. The fraction of sp³-hybridized carbons (Fsp3) is 0.250. The van der Waals surface area contributed by atoms with E-state index in [1.807, 2.05) is 19.1 Å². The number of nitrogens with zero attached hydrogens (tertiary/aromatic N) is 3. The van der Waals surface area contributed by atoms with E-state index >= 15 is 0 Å². The van der Waals surface area contributed by atoms with E-state index in [1.54, 1.807) is 11.3 Å². The minimum Gasteiger partial charge on any atom is -0.372 e. The molecule has 4 aromatic rings. The lowest BCUT2D eigenvalue weighted by atomic mass is 10.0. The maximum atomic E-state index is 13.5. The van der Waals surface area contributed by atoms with Crippen molar-refractivity contribution in [3.8, 4) is 11.1 Å². The Balaban J connectivity index is 1.56. The van der Waals surface area contributed by atoms with Crippen LogP contribution in [0.2, 0.25) is 0 Å². The average Bonchev–Trinajstić information content (AvgIpc) is 3.37. The molecule has 1 aliphatic heterocycles. The van der Waals surface area contributed by atoms with Gasteiger partial charge in [0.25, 0.3) is 0 Å². The topological polar surface area (TPSA) is 41.1 Å². The molecule has 1 fully saturated rings. The predicted octanol–water partition coefficient (Wildman–Crippen LogP) is 6.46. The zero-order chi connectivity index (χ0) is 20.7. The summed E-state index contributed by atoms with van der Waals surface area (Å²) in [6.45, 7) is 6.25. The number of halogens is 1. The maximum absolute atomic E-state index is 13.5. The van der Waals surface area contributed by atoms with E-state index in [9.17, 15) is 4.39 Å². The number of anilines is 3. The van der Waals surface area contributed by atoms with Crippen LogP contribution in [-0.4, -0.2) is 23.1 Å². The Morgan fingerprint density at radius 2 is 1.63 bits per heavy atom. The maximum Gasteiger partial charge on any atom is 0.143 e. The lowest BCUT2D eigenvalue weighted by Gasteiger charge is -2.18. The molecule has 0 bridgehead atoms. The van der Waals surface area contributed by atoms with Crippen LogP contribution in [0.5, 0.6) is 0 Å². The molecule has 5 rings (SSSR count). The van der Waals surface area contributed by atoms with E-state index in [-0.39, 0.29) is 5.82 Å². The fourth-order valence-corrected chi connectivity index (χ4v) is 5.23. The van der Waals surface area contributed by atoms with Crippen LogP contribution < -0.4 is 10.2 Å². The van der Waals surface area contributed by atoms with E-state index in [0.717, 1.165) is 56.6 Å². The number of benzene rings is 2. The number of hydrogen-bond acceptors (Lipinski definition) is 5. The van der Waals surface area contributed by atoms with Gasteiger partial charge in [0.15, 0.2) is 0 Å². The largest absolute Gasteiger partial charge is 0.372 e. The molecule has 1 N–H and O–H groups in total. The third-order valence-corrected chi connectivity index (χ3v) is 6.57. The summed E-state index contributed by atoms with van der Waals surface area (Å²) in [6, 6.07) is 15.2. The molecule has 0 aliphatic carbocycles. The van der Waals surface area contributed by atoms with Gasteiger partial charge >= 0.3 is 0 Å². The molecule has 4 nitrogen and oxygen atoms in total. The molecule has 30 heavy (non-hydrogen) atoms. The lowest BCUT2D eigenvalue weighted by molar-refractivity contribution is 0.628. The van der Waals surface area contributed by atoms with Gasteiger partial charge in [0.05, 0.1) is 5.39 Å². The SMILES string of the molecule is Cc1nc(Nc2ccc(N3CCCC3)cc2)c2c(-c3ccc(F)cc3)c(C)sc2n1. The van der Waals surface area contributed by atoms with Crippen molar-refractivity contribution in [2.45, 2.75) is 26.7 Å². The number of nitrogens with one attached hydrogen (secondary N) is 1. The molecule has 3 heterocycles. The molecule has 0 spiro atoms. The molecular weight excluding hydrogens is 395 g/mol. The zero-order valence-electron chi connectivity index (χ0n) is 17.1. The molecule has 0 atom stereocenters. The summed E-state index contributed by atoms with van der Waals surface area (Å²) in [7, 11) is 0. The number of hydrogen-bond donors (Lipinski definition) is 1. The highest BCUT2D eigenvalue weighted by Crippen LogP contribution is 2.41. The summed E-state index contributed by atoms with van der Waals surface area (Å²) in [5.41, 5.74) is 4.29. The molecule has 152 valence electrons. The highest BCUT2D eigenvalue weighted by molar-refractivity contribution is 7.19. The van der Waals surface area contributed by atoms with Crippen LogP contribution in [0.4, 0.5) is 21.6 Å². The summed E-state index contributed by atoms with van der Waals surface area (Å²) in [5.74, 6) is 1.28. The van der Waals surface area contributed by atoms with Crippen LogP contribution >= 0.6 is 11.3 Å². The van der Waals surface area contributed by atoms with Gasteiger partial charge in [-0.25, -0.2) is 14.4 Å². The van der Waals surface area contributed by atoms with Crippen molar-refractivity contribution in [1.29, 1.82) is 0 Å². The third-order valence-electron chi connectivity index (χ3n) is 5.57. The van der Waals surface area contributed by atoms with Crippen molar-refractivity contribution in [2.75, 3.05) is 23.3 Å². The Bertz CT molecular complexity index is 1190. The van der Waals surface area contributed by atoms with Gasteiger partial charge in [-0.15, -0.1) is 11.3 Å². The zero-order valence-corrected chi connectivity index (χ0v) is 17.9. The summed E-state index contributed by atoms with van der Waals surface area (Å²) in [5, 5.41) is 4.49. The molecular formula is C24H23FN4S. The number of thiophene rings is 1. The Hall–Kier alpha value is -2.99. The molecule has 2 aromatic heterocycles. The second-order valence-electron chi connectivity index (χ2n) is 7.71. The van der Waals surface area contributed by atoms with Gasteiger partial charge in [-0.3, -0.25) is 0 Å². The van der Waals surface area contributed by atoms with E-state index in [4.69, 9.17) is 4.98 Å². The molecule has 6 heteroatoms. The van der Waals surface area contributed by atoms with Gasteiger partial charge in [0, 0.05) is 34.9 Å². The van der Waals surface area contributed by atoms with Gasteiger partial charge in [-0.1, -0.05) is 12.1 Å². The van der Waals surface area contributed by atoms with E-state index in [0.29, 0.717) is 0 Å². The Morgan fingerprint density at radius 3 is 2.33 bits per heavy atom. The smallest absolute Gasteiger partial charge is 0.143 e. The van der Waals surface area contributed by atoms with Crippen molar-refractivity contribution in [3.05, 3.63) is 65.0 Å². The molecule has 0 unspecified atom stereocenters. The first-order chi connectivity index (χ1) is 14.6. The van der Waals surface area contributed by atoms with Gasteiger partial charge in [0.2, 0.25) is 0 Å². The van der Waals surface area contributed by atoms with Crippen LogP contribution in [0.15, 0.2) is 48.5 Å². The Kier molecular flexibility index (Phi) is 4.87. The quantitative estimate of drug-likeness (QED) is 0.413. The number of aryl methyl sites for hydroxylation is 2. The first-order valence-corrected chi connectivity index (χ1v) is 11.1. The predicted molar refractivity (Wildman–Crippen MR) is 123 cm³/mol. The molecule has 0 amide bonds. The highest BCUT2D eigenvalue weighted by atomic mass is 32.1. The first-order valence-electron chi connectivity index (χ1n) is 10.2. The minimum atomic E-state index is -0.237. The van der Waals surface area contributed by atoms with Crippen molar-refractivity contribution in [3.63, 3.8) is 0 Å². The number of rotatable bonds is 4. The summed E-state index contributed by atoms with van der Waals surface area (Å²) < 4.78 is 13.5. The van der Waals surface area contributed by atoms with Crippen molar-refractivity contribution in [2.24, 2.45) is 0 Å². The standard InChI is InChI=1S/C24H23FN4S/c1-15-21(17-5-7-18(25)8-6-17)22-23(26-16(2)27-24(22)30-15)28-19-9-11-20(12-10-19)29-13-3-4-14-29/h5-12H,3-4,13-14H2,1-2H3,(H,26,27,28). The van der Waals surface area contributed by atoms with E-state index < -0.39 is 0 Å². The van der Waals surface area contributed by atoms with E-state index in [1.165, 1.54) is 30.7 Å². The first kappa shape index (κ1) is 19.0.